The highest BCUT2D eigenvalue weighted by atomic mass is 28.4. The van der Waals surface area contributed by atoms with E-state index in [2.05, 4.69) is 44.5 Å². The Morgan fingerprint density at radius 2 is 1.52 bits per heavy atom. The summed E-state index contributed by atoms with van der Waals surface area (Å²) in [5.74, 6) is 1.57. The molecule has 4 heterocycles. The van der Waals surface area contributed by atoms with E-state index in [1.165, 1.54) is 6.92 Å². The van der Waals surface area contributed by atoms with Crippen LogP contribution in [0.1, 0.15) is 91.6 Å². The summed E-state index contributed by atoms with van der Waals surface area (Å²) in [4.78, 5) is 43.1. The average molecular weight is 839 g/mol. The van der Waals surface area contributed by atoms with E-state index in [9.17, 15) is 14.4 Å². The molecule has 2 amide bonds. The van der Waals surface area contributed by atoms with E-state index in [0.29, 0.717) is 78.1 Å². The van der Waals surface area contributed by atoms with Gasteiger partial charge in [0.15, 0.2) is 31.3 Å². The second-order valence-electron chi connectivity index (χ2n) is 18.4. The quantitative estimate of drug-likeness (QED) is 0.0983. The third-order valence-corrected chi connectivity index (χ3v) is 17.6. The lowest BCUT2D eigenvalue weighted by Gasteiger charge is -2.41. The fraction of sp³-hybridized carbons (Fsp3) is 0.500. The van der Waals surface area contributed by atoms with Crippen molar-refractivity contribution in [1.82, 2.24) is 9.80 Å². The first-order valence-electron chi connectivity index (χ1n) is 21.0. The fourth-order valence-corrected chi connectivity index (χ4v) is 9.68. The van der Waals surface area contributed by atoms with Crippen LogP contribution in [-0.2, 0) is 20.6 Å². The topological polar surface area (TPSA) is 137 Å². The molecule has 8 rings (SSSR count). The number of carbonyl (C=O) groups excluding carboxylic acids is 3. The van der Waals surface area contributed by atoms with E-state index in [1.807, 2.05) is 47.5 Å². The molecule has 1 spiro atoms. The van der Waals surface area contributed by atoms with Gasteiger partial charge in [-0.2, -0.15) is 0 Å². The Bertz CT molecular complexity index is 2200. The molecule has 1 saturated carbocycles. The molecule has 3 aromatic carbocycles. The van der Waals surface area contributed by atoms with Gasteiger partial charge in [0.1, 0.15) is 12.8 Å². The number of anilines is 2. The summed E-state index contributed by atoms with van der Waals surface area (Å²) in [6.07, 6.45) is 6.09. The van der Waals surface area contributed by atoms with Crippen LogP contribution in [0.2, 0.25) is 18.1 Å². The normalized spacial score (nSPS) is 21.3. The van der Waals surface area contributed by atoms with Crippen LogP contribution < -0.4 is 29.6 Å². The molecule has 3 atom stereocenters. The molecule has 3 aromatic rings. The maximum Gasteiger partial charge on any atom is 0.302 e. The fourth-order valence-electron chi connectivity index (χ4n) is 8.47. The predicted molar refractivity (Wildman–Crippen MR) is 231 cm³/mol. The van der Waals surface area contributed by atoms with Crippen LogP contribution in [0, 0.1) is 5.41 Å². The summed E-state index contributed by atoms with van der Waals surface area (Å²) in [7, 11) is 0.957. The van der Waals surface area contributed by atoms with Crippen molar-refractivity contribution >= 4 is 43.0 Å². The Labute approximate surface area is 353 Å². The van der Waals surface area contributed by atoms with Crippen molar-refractivity contribution in [2.75, 3.05) is 51.2 Å². The Kier molecular flexibility index (Phi) is 11.1. The molecule has 0 aromatic heterocycles. The lowest BCUT2D eigenvalue weighted by atomic mass is 10.0. The Morgan fingerprint density at radius 3 is 2.12 bits per heavy atom. The van der Waals surface area contributed by atoms with Gasteiger partial charge < -0.3 is 48.5 Å². The van der Waals surface area contributed by atoms with Crippen LogP contribution >= 0.6 is 0 Å². The lowest BCUT2D eigenvalue weighted by molar-refractivity contribution is -0.142. The molecule has 4 aliphatic heterocycles. The number of benzene rings is 3. The predicted octanol–water partition coefficient (Wildman–Crippen LogP) is 8.06. The van der Waals surface area contributed by atoms with Crippen LogP contribution in [0.3, 0.4) is 0 Å². The van der Waals surface area contributed by atoms with E-state index in [-0.39, 0.29) is 53.2 Å². The van der Waals surface area contributed by atoms with Gasteiger partial charge in [0.2, 0.25) is 0 Å². The van der Waals surface area contributed by atoms with Crippen molar-refractivity contribution in [3.05, 3.63) is 77.0 Å². The van der Waals surface area contributed by atoms with Gasteiger partial charge in [0.05, 0.1) is 62.0 Å². The molecule has 13 nitrogen and oxygen atoms in total. The number of nitrogens with one attached hydrogen (secondary N) is 2. The zero-order valence-corrected chi connectivity index (χ0v) is 37.1. The zero-order valence-electron chi connectivity index (χ0n) is 36.1. The van der Waals surface area contributed by atoms with E-state index in [4.69, 9.17) is 28.1 Å². The maximum atomic E-state index is 14.2. The number of rotatable bonds is 13. The first kappa shape index (κ1) is 41.5. The minimum absolute atomic E-state index is 0.000802. The highest BCUT2D eigenvalue weighted by Crippen LogP contribution is 2.57. The van der Waals surface area contributed by atoms with Crippen molar-refractivity contribution in [2.45, 2.75) is 103 Å². The molecule has 2 unspecified atom stereocenters. The Balaban J connectivity index is 0.920. The summed E-state index contributed by atoms with van der Waals surface area (Å²) in [5.41, 5.74) is 5.64. The highest BCUT2D eigenvalue weighted by Gasteiger charge is 2.57. The van der Waals surface area contributed by atoms with Crippen LogP contribution in [0.25, 0.3) is 5.57 Å². The molecule has 320 valence electrons. The number of amides is 2. The monoisotopic (exact) mass is 838 g/mol. The van der Waals surface area contributed by atoms with Crippen molar-refractivity contribution in [2.24, 2.45) is 5.41 Å². The number of hydrogen-bond donors (Lipinski definition) is 2. The lowest BCUT2D eigenvalue weighted by Crippen LogP contribution is -2.52. The Morgan fingerprint density at radius 1 is 0.883 bits per heavy atom. The number of nitrogens with zero attached hydrogens (tertiary/aromatic N) is 2. The van der Waals surface area contributed by atoms with Crippen LogP contribution in [-0.4, -0.2) is 94.7 Å². The molecule has 60 heavy (non-hydrogen) atoms. The summed E-state index contributed by atoms with van der Waals surface area (Å²) in [5, 5.41) is 7.16. The highest BCUT2D eigenvalue weighted by molar-refractivity contribution is 6.74. The molecule has 2 fully saturated rings. The number of esters is 1. The zero-order chi connectivity index (χ0) is 42.6. The van der Waals surface area contributed by atoms with Gasteiger partial charge in [-0.05, 0) is 78.1 Å². The largest absolute Gasteiger partial charge is 0.493 e. The molecular formula is C46H58N4O9Si. The molecule has 5 aliphatic rings. The van der Waals surface area contributed by atoms with Crippen molar-refractivity contribution < 1.29 is 42.5 Å². The first-order valence-corrected chi connectivity index (χ1v) is 23.9. The van der Waals surface area contributed by atoms with E-state index in [1.54, 1.807) is 31.3 Å². The van der Waals surface area contributed by atoms with Gasteiger partial charge in [-0.1, -0.05) is 45.0 Å². The third kappa shape index (κ3) is 8.15. The average Bonchev–Trinajstić information content (AvgIpc) is 3.72. The Hall–Kier alpha value is -5.21. The second kappa shape index (κ2) is 16.0. The minimum Gasteiger partial charge on any atom is -0.493 e. The van der Waals surface area contributed by atoms with Crippen LogP contribution in [0.15, 0.2) is 54.7 Å². The van der Waals surface area contributed by atoms with Gasteiger partial charge >= 0.3 is 5.97 Å². The number of hydrogen-bond acceptors (Lipinski definition) is 11. The minimum atomic E-state index is -2.19. The molecule has 0 bridgehead atoms. The van der Waals surface area contributed by atoms with Gasteiger partial charge in [0.25, 0.3) is 11.8 Å². The second-order valence-corrected chi connectivity index (χ2v) is 23.1. The molecule has 1 aliphatic carbocycles. The van der Waals surface area contributed by atoms with E-state index in [0.717, 1.165) is 42.5 Å². The van der Waals surface area contributed by atoms with Crippen molar-refractivity contribution in [3.8, 4) is 23.0 Å². The third-order valence-electron chi connectivity index (χ3n) is 13.2. The summed E-state index contributed by atoms with van der Waals surface area (Å²) in [6, 6.07) is 15.0. The SMILES string of the molecule is COc1cc2c(cc1OCCCOc1cc3c(cc1OC)C(=O)N1CC4(CC4)C[C@H]1C(O[Si](C)(C)C(C)(C)C)N3)NCC1CC(c3ccc(COC(C)=O)cc3)=CN1C2=O. The van der Waals surface area contributed by atoms with Crippen molar-refractivity contribution in [3.63, 3.8) is 0 Å². The number of carbonyl (C=O) groups is 3. The van der Waals surface area contributed by atoms with E-state index < -0.39 is 8.32 Å². The summed E-state index contributed by atoms with van der Waals surface area (Å²) in [6.45, 7) is 14.8. The standard InChI is InChI=1S/C46H58N4O9Si/c1-28(51)58-26-29-10-12-30(13-11-29)31-18-32-24-47-35-21-40(38(54-5)19-33(35)43(52)49(32)25-31)56-16-9-17-57-41-22-36-34(20-39(41)55-6)44(53)50-27-46(14-15-46)23-37(50)42(48-36)59-60(7,8)45(2,3)4/h10-13,19-22,25,32,37,42,47-48H,9,14-18,23-24,26-27H2,1-8H3/t32?,37-,42?/m0/s1. The van der Waals surface area contributed by atoms with Gasteiger partial charge in [-0.3, -0.25) is 14.4 Å². The molecule has 2 N–H and O–H groups in total. The molecule has 1 saturated heterocycles. The summed E-state index contributed by atoms with van der Waals surface area (Å²) < 4.78 is 36.2. The number of fused-ring (bicyclic) bond motifs is 4. The van der Waals surface area contributed by atoms with Gasteiger partial charge in [-0.15, -0.1) is 0 Å². The van der Waals surface area contributed by atoms with Crippen molar-refractivity contribution in [1.29, 1.82) is 0 Å². The number of ether oxygens (including phenoxy) is 5. The van der Waals surface area contributed by atoms with Gasteiger partial charge in [-0.25, -0.2) is 0 Å². The van der Waals surface area contributed by atoms with Gasteiger partial charge in [0, 0.05) is 44.8 Å². The summed E-state index contributed by atoms with van der Waals surface area (Å²) >= 11 is 0. The smallest absolute Gasteiger partial charge is 0.302 e. The van der Waals surface area contributed by atoms with E-state index >= 15 is 0 Å². The maximum absolute atomic E-state index is 14.2. The first-order chi connectivity index (χ1) is 28.6. The molecule has 14 heteroatoms. The molecule has 0 radical (unpaired) electrons. The molecular weight excluding hydrogens is 781 g/mol. The van der Waals surface area contributed by atoms with Crippen LogP contribution in [0.5, 0.6) is 23.0 Å². The van der Waals surface area contributed by atoms with Crippen LogP contribution in [0.4, 0.5) is 11.4 Å². The number of methoxy groups -OCH3 is 2.